The van der Waals surface area contributed by atoms with Crippen LogP contribution in [0.5, 0.6) is 5.75 Å². The highest BCUT2D eigenvalue weighted by Crippen LogP contribution is 2.49. The van der Waals surface area contributed by atoms with Crippen molar-refractivity contribution in [3.05, 3.63) is 59.7 Å². The van der Waals surface area contributed by atoms with E-state index in [1.54, 1.807) is 12.1 Å². The van der Waals surface area contributed by atoms with Crippen LogP contribution in [-0.2, 0) is 16.9 Å². The maximum atomic E-state index is 12.6. The number of amides is 1. The van der Waals surface area contributed by atoms with Gasteiger partial charge in [-0.3, -0.25) is 10.3 Å². The summed E-state index contributed by atoms with van der Waals surface area (Å²) in [7, 11) is 0. The van der Waals surface area contributed by atoms with Crippen LogP contribution in [0.25, 0.3) is 0 Å². The van der Waals surface area contributed by atoms with Gasteiger partial charge in [0, 0.05) is 17.7 Å². The van der Waals surface area contributed by atoms with Crippen LogP contribution in [0.15, 0.2) is 48.5 Å². The number of amidine groups is 1. The van der Waals surface area contributed by atoms with E-state index in [0.29, 0.717) is 17.9 Å². The summed E-state index contributed by atoms with van der Waals surface area (Å²) in [5.74, 6) is 0.791. The smallest absolute Gasteiger partial charge is 0.417 e. The molecule has 4 rings (SSSR count). The number of fused-ring (bicyclic) bond motifs is 2. The number of rotatable bonds is 2. The van der Waals surface area contributed by atoms with Gasteiger partial charge in [-0.05, 0) is 37.6 Å². The van der Waals surface area contributed by atoms with E-state index in [4.69, 9.17) is 20.6 Å². The van der Waals surface area contributed by atoms with Gasteiger partial charge in [0.05, 0.1) is 6.54 Å². The Morgan fingerprint density at radius 1 is 1.12 bits per heavy atom. The van der Waals surface area contributed by atoms with Gasteiger partial charge in [0.15, 0.2) is 5.84 Å². The predicted molar refractivity (Wildman–Crippen MR) is 98.0 cm³/mol. The van der Waals surface area contributed by atoms with Gasteiger partial charge in [0.1, 0.15) is 11.4 Å². The molecule has 2 heterocycles. The second kappa shape index (κ2) is 5.49. The fourth-order valence-corrected chi connectivity index (χ4v) is 3.73. The van der Waals surface area contributed by atoms with E-state index in [9.17, 15) is 4.79 Å². The van der Waals surface area contributed by atoms with E-state index >= 15 is 0 Å². The molecule has 1 fully saturated rings. The number of nitrogens with zero attached hydrogens (tertiary/aromatic N) is 1. The van der Waals surface area contributed by atoms with Crippen molar-refractivity contribution in [3.8, 4) is 5.75 Å². The molecule has 2 aromatic carbocycles. The second-order valence-corrected chi connectivity index (χ2v) is 7.41. The van der Waals surface area contributed by atoms with Gasteiger partial charge in [0.25, 0.3) is 0 Å². The molecular weight excluding hydrogens is 330 g/mol. The summed E-state index contributed by atoms with van der Waals surface area (Å²) in [5, 5.41) is 8.78. The van der Waals surface area contributed by atoms with E-state index in [1.165, 1.54) is 4.90 Å². The molecule has 6 nitrogen and oxygen atoms in total. The molecule has 1 amide bonds. The molecule has 0 aliphatic carbocycles. The molecule has 1 unspecified atom stereocenters. The third-order valence-electron chi connectivity index (χ3n) is 4.84. The van der Waals surface area contributed by atoms with Crippen molar-refractivity contribution in [2.45, 2.75) is 38.0 Å². The number of anilines is 1. The number of nitrogen functional groups attached to an aromatic ring is 1. The quantitative estimate of drug-likeness (QED) is 0.808. The summed E-state index contributed by atoms with van der Waals surface area (Å²) in [5.41, 5.74) is 6.31. The van der Waals surface area contributed by atoms with Crippen molar-refractivity contribution < 1.29 is 14.3 Å². The lowest BCUT2D eigenvalue weighted by Crippen LogP contribution is -2.49. The Hall–Kier alpha value is -3.02. The molecule has 3 N–H and O–H groups in total. The van der Waals surface area contributed by atoms with Crippen LogP contribution in [0.2, 0.25) is 0 Å². The van der Waals surface area contributed by atoms with E-state index in [-0.39, 0.29) is 12.4 Å². The first kappa shape index (κ1) is 16.4. The average Bonchev–Trinajstić information content (AvgIpc) is 2.80. The highest BCUT2D eigenvalue weighted by atomic mass is 16.6. The van der Waals surface area contributed by atoms with E-state index in [1.807, 2.05) is 50.2 Å². The summed E-state index contributed by atoms with van der Waals surface area (Å²) in [6.07, 6.45) is -0.126. The van der Waals surface area contributed by atoms with Gasteiger partial charge in [-0.25, -0.2) is 4.79 Å². The molecular formula is C20H21N3O3. The van der Waals surface area contributed by atoms with E-state index in [0.717, 1.165) is 11.1 Å². The molecule has 26 heavy (non-hydrogen) atoms. The number of hydrogen-bond acceptors (Lipinski definition) is 5. The van der Waals surface area contributed by atoms with Crippen molar-refractivity contribution in [2.75, 3.05) is 5.73 Å². The van der Waals surface area contributed by atoms with Crippen LogP contribution in [0.4, 0.5) is 10.5 Å². The molecule has 1 saturated heterocycles. The third kappa shape index (κ3) is 2.49. The summed E-state index contributed by atoms with van der Waals surface area (Å²) in [6.45, 7) is 4.14. The zero-order chi connectivity index (χ0) is 18.5. The Morgan fingerprint density at radius 2 is 1.81 bits per heavy atom. The molecule has 1 spiro atoms. The Morgan fingerprint density at radius 3 is 2.54 bits per heavy atom. The highest BCUT2D eigenvalue weighted by Gasteiger charge is 2.58. The number of carbonyl (C=O) groups is 1. The second-order valence-electron chi connectivity index (χ2n) is 7.41. The normalized spacial score (nSPS) is 23.5. The molecule has 0 bridgehead atoms. The molecule has 6 heteroatoms. The van der Waals surface area contributed by atoms with Gasteiger partial charge >= 0.3 is 6.09 Å². The van der Waals surface area contributed by atoms with Crippen LogP contribution in [0.1, 0.15) is 31.4 Å². The summed E-state index contributed by atoms with van der Waals surface area (Å²) >= 11 is 0. The summed E-state index contributed by atoms with van der Waals surface area (Å²) in [6, 6.07) is 14.7. The van der Waals surface area contributed by atoms with Crippen LogP contribution in [-0.4, -0.2) is 22.4 Å². The topological polar surface area (TPSA) is 88.6 Å². The fraction of sp³-hybridized carbons (Fsp3) is 0.300. The van der Waals surface area contributed by atoms with Gasteiger partial charge in [-0.1, -0.05) is 30.3 Å². The number of ether oxygens (including phenoxy) is 2. The number of carbonyl (C=O) groups excluding carboxylic acids is 1. The fourth-order valence-electron chi connectivity index (χ4n) is 3.73. The first-order chi connectivity index (χ1) is 12.3. The lowest BCUT2D eigenvalue weighted by Gasteiger charge is -2.42. The Kier molecular flexibility index (Phi) is 3.47. The first-order valence-electron chi connectivity index (χ1n) is 8.53. The van der Waals surface area contributed by atoms with Crippen molar-refractivity contribution in [1.82, 2.24) is 4.90 Å². The summed E-state index contributed by atoms with van der Waals surface area (Å²) < 4.78 is 11.9. The largest absolute Gasteiger partial charge is 0.487 e. The number of hydrogen-bond donors (Lipinski definition) is 2. The molecule has 0 radical (unpaired) electrons. The van der Waals surface area contributed by atoms with Crippen molar-refractivity contribution in [2.24, 2.45) is 0 Å². The summed E-state index contributed by atoms with van der Waals surface area (Å²) in [4.78, 5) is 14.0. The lowest BCUT2D eigenvalue weighted by molar-refractivity contribution is -0.0208. The third-order valence-corrected chi connectivity index (χ3v) is 4.84. The maximum absolute atomic E-state index is 12.6. The molecule has 2 aromatic rings. The van der Waals surface area contributed by atoms with Crippen LogP contribution < -0.4 is 10.5 Å². The van der Waals surface area contributed by atoms with Crippen molar-refractivity contribution in [1.29, 1.82) is 5.41 Å². The van der Waals surface area contributed by atoms with Crippen molar-refractivity contribution in [3.63, 3.8) is 0 Å². The van der Waals surface area contributed by atoms with Crippen LogP contribution >= 0.6 is 0 Å². The lowest BCUT2D eigenvalue weighted by atomic mass is 9.79. The molecule has 134 valence electrons. The minimum Gasteiger partial charge on any atom is -0.487 e. The van der Waals surface area contributed by atoms with Gasteiger partial charge in [-0.2, -0.15) is 0 Å². The zero-order valence-corrected chi connectivity index (χ0v) is 14.8. The number of nitrogens with one attached hydrogen (secondary N) is 1. The maximum Gasteiger partial charge on any atom is 0.417 e. The number of benzene rings is 2. The number of para-hydroxylation sites is 1. The molecule has 0 saturated carbocycles. The monoisotopic (exact) mass is 351 g/mol. The average molecular weight is 351 g/mol. The molecule has 2 aliphatic rings. The predicted octanol–water partition coefficient (Wildman–Crippen LogP) is 3.65. The van der Waals surface area contributed by atoms with E-state index in [2.05, 4.69) is 0 Å². The zero-order valence-electron chi connectivity index (χ0n) is 14.8. The Balaban J connectivity index is 1.73. The van der Waals surface area contributed by atoms with Gasteiger partial charge in [-0.15, -0.1) is 0 Å². The minimum absolute atomic E-state index is 0.142. The minimum atomic E-state index is -1.12. The SMILES string of the molecule is CC1(C)CC2(OC(=O)N(Cc3ccc(N)cc3)C2=N)c2ccccc2O1. The van der Waals surface area contributed by atoms with Gasteiger partial charge < -0.3 is 15.2 Å². The van der Waals surface area contributed by atoms with Crippen LogP contribution in [0, 0.1) is 5.41 Å². The standard InChI is InChI=1S/C20H21N3O3/c1-19(2)12-20(15-5-3-4-6-16(15)25-19)17(22)23(18(24)26-20)11-13-7-9-14(21)10-8-13/h3-10,22H,11-12,21H2,1-2H3. The number of nitrogens with two attached hydrogens (primary N) is 1. The highest BCUT2D eigenvalue weighted by molar-refractivity contribution is 6.05. The van der Waals surface area contributed by atoms with Crippen LogP contribution in [0.3, 0.4) is 0 Å². The Bertz CT molecular complexity index is 891. The molecule has 1 atom stereocenters. The van der Waals surface area contributed by atoms with Gasteiger partial charge in [0.2, 0.25) is 5.60 Å². The van der Waals surface area contributed by atoms with Crippen molar-refractivity contribution >= 4 is 17.6 Å². The molecule has 0 aromatic heterocycles. The van der Waals surface area contributed by atoms with E-state index < -0.39 is 17.3 Å². The first-order valence-corrected chi connectivity index (χ1v) is 8.53. The Labute approximate surface area is 152 Å². The molecule has 2 aliphatic heterocycles.